The van der Waals surface area contributed by atoms with E-state index in [9.17, 15) is 14.9 Å². The number of carbonyl (C=O) groups excluding carboxylic acids is 1. The summed E-state index contributed by atoms with van der Waals surface area (Å²) < 4.78 is 4.69. The van der Waals surface area contributed by atoms with Gasteiger partial charge in [-0.05, 0) is 11.6 Å². The van der Waals surface area contributed by atoms with Crippen LogP contribution in [0.25, 0.3) is 0 Å². The molecule has 0 fully saturated rings. The first-order valence-corrected chi connectivity index (χ1v) is 4.98. The number of nitrogens with zero attached hydrogens (tertiary/aromatic N) is 3. The van der Waals surface area contributed by atoms with Gasteiger partial charge in [-0.3, -0.25) is 14.9 Å². The highest BCUT2D eigenvalue weighted by Crippen LogP contribution is 2.21. The summed E-state index contributed by atoms with van der Waals surface area (Å²) in [6, 6.07) is 0. The number of hydrogen-bond donors (Lipinski definition) is 1. The van der Waals surface area contributed by atoms with E-state index in [0.29, 0.717) is 0 Å². The summed E-state index contributed by atoms with van der Waals surface area (Å²) >= 11 is 5.50. The van der Waals surface area contributed by atoms with E-state index >= 15 is 0 Å². The van der Waals surface area contributed by atoms with Crippen LogP contribution in [0.4, 0.5) is 11.5 Å². The van der Waals surface area contributed by atoms with Crippen molar-refractivity contribution in [3.05, 3.63) is 21.6 Å². The Balaban J connectivity index is 2.72. The van der Waals surface area contributed by atoms with E-state index in [0.717, 1.165) is 6.20 Å². The first-order chi connectivity index (χ1) is 8.04. The summed E-state index contributed by atoms with van der Waals surface area (Å²) in [5.74, 6) is -0.529. The molecular formula is C8H9ClN4O4. The molecule has 92 valence electrons. The number of halogens is 1. The summed E-state index contributed by atoms with van der Waals surface area (Å²) in [5.41, 5.74) is -0.345. The SMILES string of the molecule is CCC(=O)OCNc1nc(Cl)ncc1[N+](=O)[O-]. The second kappa shape index (κ2) is 5.94. The lowest BCUT2D eigenvalue weighted by Gasteiger charge is -2.06. The lowest BCUT2D eigenvalue weighted by atomic mass is 10.5. The molecule has 1 aromatic rings. The van der Waals surface area contributed by atoms with Gasteiger partial charge in [-0.15, -0.1) is 0 Å². The van der Waals surface area contributed by atoms with Gasteiger partial charge in [-0.25, -0.2) is 4.98 Å². The minimum Gasteiger partial charge on any atom is -0.444 e. The fourth-order valence-electron chi connectivity index (χ4n) is 0.905. The van der Waals surface area contributed by atoms with E-state index in [1.54, 1.807) is 6.92 Å². The van der Waals surface area contributed by atoms with Gasteiger partial charge in [0.15, 0.2) is 6.73 Å². The number of nitrogens with one attached hydrogen (secondary N) is 1. The van der Waals surface area contributed by atoms with Crippen LogP contribution in [0, 0.1) is 10.1 Å². The van der Waals surface area contributed by atoms with Crippen LogP contribution in [-0.2, 0) is 9.53 Å². The molecule has 0 amide bonds. The van der Waals surface area contributed by atoms with Crippen LogP contribution in [0.15, 0.2) is 6.20 Å². The molecule has 0 bridgehead atoms. The van der Waals surface area contributed by atoms with Crippen LogP contribution in [0.1, 0.15) is 13.3 Å². The standard InChI is InChI=1S/C8H9ClN4O4/c1-2-6(14)17-4-11-7-5(13(15)16)3-10-8(9)12-7/h3H,2,4H2,1H3,(H,10,11,12). The average molecular weight is 261 g/mol. The molecule has 1 N–H and O–H groups in total. The number of nitro groups is 1. The van der Waals surface area contributed by atoms with E-state index in [-0.39, 0.29) is 29.9 Å². The lowest BCUT2D eigenvalue weighted by Crippen LogP contribution is -2.13. The molecule has 1 rings (SSSR count). The Morgan fingerprint density at radius 2 is 2.41 bits per heavy atom. The zero-order valence-electron chi connectivity index (χ0n) is 8.84. The zero-order chi connectivity index (χ0) is 12.8. The van der Waals surface area contributed by atoms with Crippen molar-refractivity contribution >= 4 is 29.1 Å². The van der Waals surface area contributed by atoms with Crippen LogP contribution in [0.2, 0.25) is 5.28 Å². The Hall–Kier alpha value is -1.96. The molecule has 0 aromatic carbocycles. The minimum atomic E-state index is -0.666. The van der Waals surface area contributed by atoms with E-state index in [4.69, 9.17) is 16.3 Å². The molecule has 17 heavy (non-hydrogen) atoms. The number of rotatable bonds is 5. The van der Waals surface area contributed by atoms with Gasteiger partial charge in [-0.2, -0.15) is 4.98 Å². The van der Waals surface area contributed by atoms with Gasteiger partial charge >= 0.3 is 11.7 Å². The van der Waals surface area contributed by atoms with Crippen molar-refractivity contribution in [2.45, 2.75) is 13.3 Å². The largest absolute Gasteiger partial charge is 0.444 e. The van der Waals surface area contributed by atoms with E-state index in [1.807, 2.05) is 0 Å². The Morgan fingerprint density at radius 1 is 1.71 bits per heavy atom. The Morgan fingerprint density at radius 3 is 3.00 bits per heavy atom. The highest BCUT2D eigenvalue weighted by atomic mass is 35.5. The maximum Gasteiger partial charge on any atom is 0.329 e. The molecule has 1 aromatic heterocycles. The van der Waals surface area contributed by atoms with Crippen molar-refractivity contribution in [1.29, 1.82) is 0 Å². The summed E-state index contributed by atoms with van der Waals surface area (Å²) in [6.45, 7) is 1.41. The quantitative estimate of drug-likeness (QED) is 0.280. The predicted octanol–water partition coefficient (Wildman–Crippen LogP) is 1.36. The molecule has 0 aliphatic heterocycles. The predicted molar refractivity (Wildman–Crippen MR) is 58.6 cm³/mol. The van der Waals surface area contributed by atoms with Crippen molar-refractivity contribution in [2.75, 3.05) is 12.0 Å². The maximum absolute atomic E-state index is 10.8. The van der Waals surface area contributed by atoms with Crippen molar-refractivity contribution in [3.8, 4) is 0 Å². The molecule has 9 heteroatoms. The van der Waals surface area contributed by atoms with E-state index < -0.39 is 10.9 Å². The molecule has 0 spiro atoms. The summed E-state index contributed by atoms with van der Waals surface area (Å²) in [6.07, 6.45) is 1.19. The van der Waals surface area contributed by atoms with Gasteiger partial charge in [0.2, 0.25) is 11.1 Å². The Labute approximate surface area is 101 Å². The monoisotopic (exact) mass is 260 g/mol. The fraction of sp³-hybridized carbons (Fsp3) is 0.375. The average Bonchev–Trinajstić information content (AvgIpc) is 2.28. The van der Waals surface area contributed by atoms with Crippen molar-refractivity contribution in [3.63, 3.8) is 0 Å². The number of esters is 1. The van der Waals surface area contributed by atoms with Gasteiger partial charge < -0.3 is 10.1 Å². The Bertz CT molecular complexity index is 440. The molecule has 0 saturated carbocycles. The van der Waals surface area contributed by atoms with Crippen molar-refractivity contribution in [1.82, 2.24) is 9.97 Å². The van der Waals surface area contributed by atoms with Crippen molar-refractivity contribution < 1.29 is 14.5 Å². The third kappa shape index (κ3) is 3.83. The fourth-order valence-corrected chi connectivity index (χ4v) is 1.04. The molecule has 0 unspecified atom stereocenters. The summed E-state index contributed by atoms with van der Waals surface area (Å²) in [4.78, 5) is 27.9. The first kappa shape index (κ1) is 13.1. The molecule has 8 nitrogen and oxygen atoms in total. The van der Waals surface area contributed by atoms with Gasteiger partial charge in [0, 0.05) is 6.42 Å². The third-order valence-corrected chi connectivity index (χ3v) is 1.88. The van der Waals surface area contributed by atoms with Crippen molar-refractivity contribution in [2.24, 2.45) is 0 Å². The third-order valence-electron chi connectivity index (χ3n) is 1.70. The zero-order valence-corrected chi connectivity index (χ0v) is 9.60. The minimum absolute atomic E-state index is 0.0982. The van der Waals surface area contributed by atoms with Crippen LogP contribution in [0.5, 0.6) is 0 Å². The molecule has 0 aliphatic rings. The van der Waals surface area contributed by atoms with Crippen LogP contribution >= 0.6 is 11.6 Å². The maximum atomic E-state index is 10.8. The van der Waals surface area contributed by atoms with E-state index in [2.05, 4.69) is 15.3 Å². The topological polar surface area (TPSA) is 107 Å². The number of hydrogen-bond acceptors (Lipinski definition) is 7. The second-order valence-corrected chi connectivity index (χ2v) is 3.16. The lowest BCUT2D eigenvalue weighted by molar-refractivity contribution is -0.384. The van der Waals surface area contributed by atoms with Gasteiger partial charge in [-0.1, -0.05) is 6.92 Å². The molecule has 0 radical (unpaired) electrons. The number of anilines is 1. The highest BCUT2D eigenvalue weighted by molar-refractivity contribution is 6.28. The number of aromatic nitrogens is 2. The smallest absolute Gasteiger partial charge is 0.329 e. The second-order valence-electron chi connectivity index (χ2n) is 2.82. The number of carbonyl (C=O) groups is 1. The molecule has 0 atom stereocenters. The molecule has 0 saturated heterocycles. The first-order valence-electron chi connectivity index (χ1n) is 4.61. The highest BCUT2D eigenvalue weighted by Gasteiger charge is 2.16. The summed E-state index contributed by atoms with van der Waals surface area (Å²) in [5, 5.41) is 13.0. The van der Waals surface area contributed by atoms with Crippen LogP contribution < -0.4 is 5.32 Å². The molecule has 0 aliphatic carbocycles. The molecular weight excluding hydrogens is 252 g/mol. The van der Waals surface area contributed by atoms with Gasteiger partial charge in [0.25, 0.3) is 0 Å². The normalized spacial score (nSPS) is 9.76. The van der Waals surface area contributed by atoms with E-state index in [1.165, 1.54) is 0 Å². The van der Waals surface area contributed by atoms with Crippen LogP contribution in [-0.4, -0.2) is 27.6 Å². The van der Waals surface area contributed by atoms with Gasteiger partial charge in [0.1, 0.15) is 6.20 Å². The summed E-state index contributed by atoms with van der Waals surface area (Å²) in [7, 11) is 0. The van der Waals surface area contributed by atoms with Crippen LogP contribution in [0.3, 0.4) is 0 Å². The number of ether oxygens (including phenoxy) is 1. The van der Waals surface area contributed by atoms with Gasteiger partial charge in [0.05, 0.1) is 4.92 Å². The molecule has 1 heterocycles. The Kier molecular flexibility index (Phi) is 4.58.